The molecule has 2 amide bonds. The fraction of sp³-hybridized carbons (Fsp3) is 0.600. The zero-order valence-electron chi connectivity index (χ0n) is 12.6. The lowest BCUT2D eigenvalue weighted by atomic mass is 10.2. The van der Waals surface area contributed by atoms with E-state index in [0.29, 0.717) is 31.3 Å². The Kier molecular flexibility index (Phi) is 5.12. The van der Waals surface area contributed by atoms with Crippen molar-refractivity contribution in [3.8, 4) is 0 Å². The summed E-state index contributed by atoms with van der Waals surface area (Å²) in [6.45, 7) is 6.76. The number of urea groups is 1. The van der Waals surface area contributed by atoms with Crippen molar-refractivity contribution >= 4 is 17.6 Å². The number of carbonyl (C=O) groups is 1. The van der Waals surface area contributed by atoms with E-state index in [1.54, 1.807) is 12.4 Å². The predicted molar refractivity (Wildman–Crippen MR) is 83.9 cm³/mol. The average Bonchev–Trinajstić information content (AvgIpc) is 2.58. The number of hydrogen-bond donors (Lipinski definition) is 0. The van der Waals surface area contributed by atoms with Crippen molar-refractivity contribution < 1.29 is 9.53 Å². The van der Waals surface area contributed by atoms with Gasteiger partial charge >= 0.3 is 6.03 Å². The van der Waals surface area contributed by atoms with Gasteiger partial charge in [-0.05, 0) is 11.6 Å². The first-order chi connectivity index (χ1) is 10.7. The van der Waals surface area contributed by atoms with E-state index >= 15 is 0 Å². The molecule has 0 aliphatic carbocycles. The summed E-state index contributed by atoms with van der Waals surface area (Å²) < 4.78 is 5.29. The lowest BCUT2D eigenvalue weighted by Gasteiger charge is -2.38. The van der Waals surface area contributed by atoms with Crippen molar-refractivity contribution in [2.45, 2.75) is 6.54 Å². The van der Waals surface area contributed by atoms with Crippen LogP contribution in [0, 0.1) is 0 Å². The molecule has 6 nitrogen and oxygen atoms in total. The SMILES string of the molecule is O=C(N1CCOCC1)N1CCN(Cc2ccncc2Cl)CC1. The molecule has 0 unspecified atom stereocenters. The molecular formula is C15H21ClN4O2. The van der Waals surface area contributed by atoms with Crippen molar-refractivity contribution in [3.63, 3.8) is 0 Å². The second-order valence-corrected chi connectivity index (χ2v) is 6.02. The van der Waals surface area contributed by atoms with Crippen molar-refractivity contribution in [1.29, 1.82) is 0 Å². The van der Waals surface area contributed by atoms with E-state index in [0.717, 1.165) is 38.3 Å². The van der Waals surface area contributed by atoms with Crippen LogP contribution in [-0.4, -0.2) is 78.2 Å². The van der Waals surface area contributed by atoms with Gasteiger partial charge in [0.05, 0.1) is 18.2 Å². The van der Waals surface area contributed by atoms with E-state index in [1.165, 1.54) is 0 Å². The molecule has 3 rings (SSSR count). The summed E-state index contributed by atoms with van der Waals surface area (Å²) in [6.07, 6.45) is 3.44. The molecule has 2 aliphatic rings. The van der Waals surface area contributed by atoms with Gasteiger partial charge in [-0.2, -0.15) is 0 Å². The molecule has 120 valence electrons. The van der Waals surface area contributed by atoms with Gasteiger partial charge in [-0.25, -0.2) is 4.79 Å². The van der Waals surface area contributed by atoms with Crippen LogP contribution < -0.4 is 0 Å². The summed E-state index contributed by atoms with van der Waals surface area (Å²) in [5.41, 5.74) is 1.09. The highest BCUT2D eigenvalue weighted by molar-refractivity contribution is 6.31. The Bertz CT molecular complexity index is 514. The zero-order chi connectivity index (χ0) is 15.4. The van der Waals surface area contributed by atoms with Gasteiger partial charge in [0.15, 0.2) is 0 Å². The summed E-state index contributed by atoms with van der Waals surface area (Å²) in [6, 6.07) is 2.10. The second-order valence-electron chi connectivity index (χ2n) is 5.61. The molecule has 1 aromatic heterocycles. The Balaban J connectivity index is 1.50. The highest BCUT2D eigenvalue weighted by Gasteiger charge is 2.26. The van der Waals surface area contributed by atoms with Gasteiger partial charge in [0.25, 0.3) is 0 Å². The second kappa shape index (κ2) is 7.26. The molecule has 3 heterocycles. The third kappa shape index (κ3) is 3.69. The molecule has 0 saturated carbocycles. The van der Waals surface area contributed by atoms with Gasteiger partial charge in [-0.15, -0.1) is 0 Å². The van der Waals surface area contributed by atoms with Gasteiger partial charge in [0, 0.05) is 58.2 Å². The maximum atomic E-state index is 12.4. The molecule has 0 atom stereocenters. The van der Waals surface area contributed by atoms with Gasteiger partial charge in [0.1, 0.15) is 0 Å². The fourth-order valence-corrected chi connectivity index (χ4v) is 3.00. The normalized spacial score (nSPS) is 20.2. The van der Waals surface area contributed by atoms with Crippen LogP contribution >= 0.6 is 11.6 Å². The molecule has 0 radical (unpaired) electrons. The van der Waals surface area contributed by atoms with Crippen molar-refractivity contribution in [2.24, 2.45) is 0 Å². The monoisotopic (exact) mass is 324 g/mol. The van der Waals surface area contributed by atoms with E-state index < -0.39 is 0 Å². The van der Waals surface area contributed by atoms with Crippen LogP contribution in [0.2, 0.25) is 5.02 Å². The third-order valence-electron chi connectivity index (χ3n) is 4.17. The van der Waals surface area contributed by atoms with E-state index in [1.807, 2.05) is 15.9 Å². The fourth-order valence-electron chi connectivity index (χ4n) is 2.83. The number of morpholine rings is 1. The molecule has 1 aromatic rings. The molecule has 0 N–H and O–H groups in total. The number of aromatic nitrogens is 1. The summed E-state index contributed by atoms with van der Waals surface area (Å²) in [7, 11) is 0. The van der Waals surface area contributed by atoms with Crippen molar-refractivity contribution in [1.82, 2.24) is 19.7 Å². The number of ether oxygens (including phenoxy) is 1. The first-order valence-electron chi connectivity index (χ1n) is 7.66. The molecule has 0 bridgehead atoms. The minimum atomic E-state index is 0.143. The quantitative estimate of drug-likeness (QED) is 0.823. The van der Waals surface area contributed by atoms with Gasteiger partial charge in [0.2, 0.25) is 0 Å². The van der Waals surface area contributed by atoms with E-state index in [-0.39, 0.29) is 6.03 Å². The largest absolute Gasteiger partial charge is 0.378 e. The summed E-state index contributed by atoms with van der Waals surface area (Å²) in [4.78, 5) is 22.6. The summed E-state index contributed by atoms with van der Waals surface area (Å²) in [5, 5.41) is 0.703. The number of nitrogens with zero attached hydrogens (tertiary/aromatic N) is 4. The number of hydrogen-bond acceptors (Lipinski definition) is 4. The number of rotatable bonds is 2. The Morgan fingerprint density at radius 2 is 1.82 bits per heavy atom. The Morgan fingerprint density at radius 3 is 2.50 bits per heavy atom. The lowest BCUT2D eigenvalue weighted by molar-refractivity contribution is 0.0373. The lowest BCUT2D eigenvalue weighted by Crippen LogP contribution is -2.54. The minimum Gasteiger partial charge on any atom is -0.378 e. The number of carbonyl (C=O) groups excluding carboxylic acids is 1. The Labute approximate surface area is 135 Å². The number of halogens is 1. The van der Waals surface area contributed by atoms with Gasteiger partial charge in [-0.3, -0.25) is 9.88 Å². The molecule has 2 aliphatic heterocycles. The highest BCUT2D eigenvalue weighted by Crippen LogP contribution is 2.17. The summed E-state index contributed by atoms with van der Waals surface area (Å²) in [5.74, 6) is 0. The zero-order valence-corrected chi connectivity index (χ0v) is 13.3. The molecule has 0 aromatic carbocycles. The van der Waals surface area contributed by atoms with Crippen LogP contribution in [0.3, 0.4) is 0 Å². The summed E-state index contributed by atoms with van der Waals surface area (Å²) >= 11 is 6.15. The first kappa shape index (κ1) is 15.5. The molecule has 0 spiro atoms. The molecule has 2 fully saturated rings. The van der Waals surface area contributed by atoms with Crippen LogP contribution in [-0.2, 0) is 11.3 Å². The van der Waals surface area contributed by atoms with E-state index in [4.69, 9.17) is 16.3 Å². The van der Waals surface area contributed by atoms with Crippen molar-refractivity contribution in [2.75, 3.05) is 52.5 Å². The van der Waals surface area contributed by atoms with Crippen LogP contribution in [0.15, 0.2) is 18.5 Å². The number of pyridine rings is 1. The first-order valence-corrected chi connectivity index (χ1v) is 8.04. The maximum Gasteiger partial charge on any atom is 0.320 e. The molecule has 22 heavy (non-hydrogen) atoms. The number of piperazine rings is 1. The van der Waals surface area contributed by atoms with Gasteiger partial charge in [-0.1, -0.05) is 11.6 Å². The Morgan fingerprint density at radius 1 is 1.14 bits per heavy atom. The van der Waals surface area contributed by atoms with Crippen LogP contribution in [0.25, 0.3) is 0 Å². The maximum absolute atomic E-state index is 12.4. The highest BCUT2D eigenvalue weighted by atomic mass is 35.5. The van der Waals surface area contributed by atoms with Gasteiger partial charge < -0.3 is 14.5 Å². The predicted octanol–water partition coefficient (Wildman–Crippen LogP) is 1.30. The molecular weight excluding hydrogens is 304 g/mol. The molecule has 7 heteroatoms. The van der Waals surface area contributed by atoms with E-state index in [9.17, 15) is 4.79 Å². The minimum absolute atomic E-state index is 0.143. The van der Waals surface area contributed by atoms with Crippen LogP contribution in [0.5, 0.6) is 0 Å². The van der Waals surface area contributed by atoms with Crippen molar-refractivity contribution in [3.05, 3.63) is 29.0 Å². The number of amides is 2. The third-order valence-corrected chi connectivity index (χ3v) is 4.52. The topological polar surface area (TPSA) is 48.9 Å². The standard InChI is InChI=1S/C15H21ClN4O2/c16-14-11-17-2-1-13(14)12-18-3-5-19(6-4-18)15(21)20-7-9-22-10-8-20/h1-2,11H,3-10,12H2. The average molecular weight is 325 g/mol. The smallest absolute Gasteiger partial charge is 0.320 e. The Hall–Kier alpha value is -1.37. The van der Waals surface area contributed by atoms with Crippen LogP contribution in [0.1, 0.15) is 5.56 Å². The van der Waals surface area contributed by atoms with Crippen LogP contribution in [0.4, 0.5) is 4.79 Å². The van der Waals surface area contributed by atoms with E-state index in [2.05, 4.69) is 9.88 Å². The molecule has 2 saturated heterocycles.